The maximum atomic E-state index is 10.9. The number of rotatable bonds is 2. The molecule has 5 heteroatoms. The molecule has 1 saturated heterocycles. The number of aryl methyl sites for hydroxylation is 1. The molecule has 1 aliphatic heterocycles. The minimum absolute atomic E-state index is 0.0192. The Kier molecular flexibility index (Phi) is 3.36. The van der Waals surface area contributed by atoms with Crippen LogP contribution in [0, 0.1) is 6.92 Å². The van der Waals surface area contributed by atoms with Gasteiger partial charge in [0.1, 0.15) is 0 Å². The number of carbonyl (C=O) groups is 1. The van der Waals surface area contributed by atoms with Crippen molar-refractivity contribution < 1.29 is 4.79 Å². The molecule has 0 spiro atoms. The van der Waals surface area contributed by atoms with Crippen LogP contribution in [0.15, 0.2) is 34.5 Å². The fraction of sp³-hybridized carbons (Fsp3) is 0.182. The van der Waals surface area contributed by atoms with Gasteiger partial charge in [-0.3, -0.25) is 4.79 Å². The summed E-state index contributed by atoms with van der Waals surface area (Å²) >= 11 is 1.36. The highest BCUT2D eigenvalue weighted by atomic mass is 32.2. The molecular weight excluding hydrogens is 222 g/mol. The Morgan fingerprint density at radius 1 is 1.38 bits per heavy atom. The quantitative estimate of drug-likeness (QED) is 0.622. The Bertz CT molecular complexity index is 451. The Balaban J connectivity index is 1.99. The fourth-order valence-electron chi connectivity index (χ4n) is 1.18. The molecule has 1 heterocycles. The van der Waals surface area contributed by atoms with Crippen LogP contribution in [0.1, 0.15) is 11.1 Å². The van der Waals surface area contributed by atoms with E-state index in [4.69, 9.17) is 0 Å². The van der Waals surface area contributed by atoms with Crippen molar-refractivity contribution in [2.24, 2.45) is 10.2 Å². The highest BCUT2D eigenvalue weighted by Crippen LogP contribution is 2.08. The van der Waals surface area contributed by atoms with Crippen LogP contribution in [0.3, 0.4) is 0 Å². The van der Waals surface area contributed by atoms with Gasteiger partial charge in [0.2, 0.25) is 5.91 Å². The number of nitrogens with zero attached hydrogens (tertiary/aromatic N) is 2. The highest BCUT2D eigenvalue weighted by molar-refractivity contribution is 8.15. The summed E-state index contributed by atoms with van der Waals surface area (Å²) < 4.78 is 0. The molecule has 0 aliphatic carbocycles. The average molecular weight is 233 g/mol. The molecule has 4 nitrogen and oxygen atoms in total. The maximum absolute atomic E-state index is 10.9. The van der Waals surface area contributed by atoms with Crippen molar-refractivity contribution in [3.05, 3.63) is 35.4 Å². The van der Waals surface area contributed by atoms with Crippen LogP contribution in [0.2, 0.25) is 0 Å². The number of nitrogens with one attached hydrogen (secondary N) is 1. The number of amides is 1. The average Bonchev–Trinajstić information content (AvgIpc) is 2.67. The molecule has 0 atom stereocenters. The first-order chi connectivity index (χ1) is 7.74. The predicted molar refractivity (Wildman–Crippen MR) is 66.8 cm³/mol. The van der Waals surface area contributed by atoms with Gasteiger partial charge in [0.15, 0.2) is 5.17 Å². The van der Waals surface area contributed by atoms with E-state index in [2.05, 4.69) is 15.5 Å². The van der Waals surface area contributed by atoms with Gasteiger partial charge in [-0.25, -0.2) is 0 Å². The molecule has 2 rings (SSSR count). The van der Waals surface area contributed by atoms with E-state index in [-0.39, 0.29) is 5.91 Å². The second-order valence-electron chi connectivity index (χ2n) is 3.40. The van der Waals surface area contributed by atoms with Crippen molar-refractivity contribution in [1.29, 1.82) is 0 Å². The van der Waals surface area contributed by atoms with Crippen molar-refractivity contribution in [3.63, 3.8) is 0 Å². The van der Waals surface area contributed by atoms with Gasteiger partial charge < -0.3 is 5.32 Å². The van der Waals surface area contributed by atoms with Crippen LogP contribution < -0.4 is 5.32 Å². The lowest BCUT2D eigenvalue weighted by Gasteiger charge is -1.93. The number of benzene rings is 1. The molecule has 1 aromatic rings. The second-order valence-corrected chi connectivity index (χ2v) is 4.36. The zero-order chi connectivity index (χ0) is 11.4. The Morgan fingerprint density at radius 2 is 2.12 bits per heavy atom. The Hall–Kier alpha value is -1.62. The Labute approximate surface area is 97.8 Å². The first-order valence-corrected chi connectivity index (χ1v) is 5.83. The topological polar surface area (TPSA) is 53.8 Å². The summed E-state index contributed by atoms with van der Waals surface area (Å²) in [5, 5.41) is 11.0. The number of hydrogen-bond acceptors (Lipinski definition) is 4. The fourth-order valence-corrected chi connectivity index (χ4v) is 1.81. The van der Waals surface area contributed by atoms with Gasteiger partial charge >= 0.3 is 0 Å². The number of carbonyl (C=O) groups excluding carboxylic acids is 1. The molecule has 1 amide bonds. The van der Waals surface area contributed by atoms with E-state index in [1.54, 1.807) is 6.21 Å². The number of amidine groups is 1. The zero-order valence-corrected chi connectivity index (χ0v) is 9.62. The van der Waals surface area contributed by atoms with Crippen LogP contribution in [0.25, 0.3) is 0 Å². The van der Waals surface area contributed by atoms with Crippen LogP contribution in [0.4, 0.5) is 0 Å². The molecule has 0 bridgehead atoms. The summed E-state index contributed by atoms with van der Waals surface area (Å²) in [4.78, 5) is 10.9. The number of hydrogen-bond donors (Lipinski definition) is 1. The van der Waals surface area contributed by atoms with E-state index >= 15 is 0 Å². The molecule has 0 unspecified atom stereocenters. The molecule has 1 aromatic carbocycles. The van der Waals surface area contributed by atoms with Crippen LogP contribution in [-0.4, -0.2) is 23.0 Å². The first-order valence-electron chi connectivity index (χ1n) is 4.84. The zero-order valence-electron chi connectivity index (χ0n) is 8.80. The molecular formula is C11H11N3OS. The third-order valence-corrected chi connectivity index (χ3v) is 2.88. The second kappa shape index (κ2) is 4.94. The van der Waals surface area contributed by atoms with E-state index in [1.165, 1.54) is 17.3 Å². The summed E-state index contributed by atoms with van der Waals surface area (Å²) in [6, 6.07) is 7.97. The van der Waals surface area contributed by atoms with Crippen molar-refractivity contribution >= 4 is 29.1 Å². The minimum Gasteiger partial charge on any atom is -0.303 e. The van der Waals surface area contributed by atoms with E-state index in [9.17, 15) is 4.79 Å². The molecule has 1 N–H and O–H groups in total. The van der Waals surface area contributed by atoms with E-state index in [1.807, 2.05) is 31.2 Å². The lowest BCUT2D eigenvalue weighted by molar-refractivity contribution is -0.116. The van der Waals surface area contributed by atoms with Gasteiger partial charge in [0.05, 0.1) is 12.0 Å². The van der Waals surface area contributed by atoms with E-state index < -0.39 is 0 Å². The van der Waals surface area contributed by atoms with Gasteiger partial charge in [-0.2, -0.15) is 5.10 Å². The highest BCUT2D eigenvalue weighted by Gasteiger charge is 2.15. The van der Waals surface area contributed by atoms with Crippen LogP contribution >= 0.6 is 11.8 Å². The standard InChI is InChI=1S/C11H11N3OS/c1-8-2-4-9(5-3-8)6-12-14-11-13-10(15)7-16-11/h2-6H,7H2,1H3,(H,13,14,15)/b12-6+. The summed E-state index contributed by atoms with van der Waals surface area (Å²) in [6.07, 6.45) is 1.66. The largest absolute Gasteiger partial charge is 0.303 e. The van der Waals surface area contributed by atoms with Gasteiger partial charge in [-0.15, -0.1) is 5.10 Å². The van der Waals surface area contributed by atoms with E-state index in [0.29, 0.717) is 10.9 Å². The van der Waals surface area contributed by atoms with Gasteiger partial charge in [-0.1, -0.05) is 41.6 Å². The van der Waals surface area contributed by atoms with Gasteiger partial charge in [0.25, 0.3) is 0 Å². The minimum atomic E-state index is -0.0192. The Morgan fingerprint density at radius 3 is 2.75 bits per heavy atom. The molecule has 16 heavy (non-hydrogen) atoms. The third kappa shape index (κ3) is 2.93. The molecule has 0 aromatic heterocycles. The lowest BCUT2D eigenvalue weighted by atomic mass is 10.2. The van der Waals surface area contributed by atoms with Gasteiger partial charge in [-0.05, 0) is 12.5 Å². The molecule has 82 valence electrons. The maximum Gasteiger partial charge on any atom is 0.236 e. The monoisotopic (exact) mass is 233 g/mol. The van der Waals surface area contributed by atoms with E-state index in [0.717, 1.165) is 5.56 Å². The van der Waals surface area contributed by atoms with Crippen LogP contribution in [-0.2, 0) is 4.79 Å². The normalized spacial score (nSPS) is 18.3. The number of thioether (sulfide) groups is 1. The lowest BCUT2D eigenvalue weighted by Crippen LogP contribution is -2.19. The summed E-state index contributed by atoms with van der Waals surface area (Å²) in [5.41, 5.74) is 2.20. The summed E-state index contributed by atoms with van der Waals surface area (Å²) in [6.45, 7) is 2.03. The molecule has 1 aliphatic rings. The summed E-state index contributed by atoms with van der Waals surface area (Å²) in [7, 11) is 0. The van der Waals surface area contributed by atoms with Crippen molar-refractivity contribution in [2.75, 3.05) is 5.75 Å². The van der Waals surface area contributed by atoms with Gasteiger partial charge in [0, 0.05) is 0 Å². The molecule has 0 radical (unpaired) electrons. The SMILES string of the molecule is Cc1ccc(/C=N/N=C2\NC(=O)CS2)cc1. The summed E-state index contributed by atoms with van der Waals surface area (Å²) in [5.74, 6) is 0.410. The van der Waals surface area contributed by atoms with Crippen molar-refractivity contribution in [2.45, 2.75) is 6.92 Å². The molecule has 1 fully saturated rings. The third-order valence-electron chi connectivity index (χ3n) is 2.02. The van der Waals surface area contributed by atoms with Crippen LogP contribution in [0.5, 0.6) is 0 Å². The first kappa shape index (κ1) is 10.9. The van der Waals surface area contributed by atoms with Crippen molar-refractivity contribution in [3.8, 4) is 0 Å². The van der Waals surface area contributed by atoms with Crippen molar-refractivity contribution in [1.82, 2.24) is 5.32 Å². The molecule has 0 saturated carbocycles. The smallest absolute Gasteiger partial charge is 0.236 e. The predicted octanol–water partition coefficient (Wildman–Crippen LogP) is 1.55.